The van der Waals surface area contributed by atoms with Crippen LogP contribution in [0.3, 0.4) is 0 Å². The number of nitrogens with one attached hydrogen (secondary N) is 1. The van der Waals surface area contributed by atoms with Gasteiger partial charge in [-0.15, -0.1) is 0 Å². The van der Waals surface area contributed by atoms with E-state index < -0.39 is 0 Å². The van der Waals surface area contributed by atoms with Crippen molar-refractivity contribution >= 4 is 33.1 Å². The van der Waals surface area contributed by atoms with E-state index in [1.54, 1.807) is 6.07 Å². The number of nitrogens with two attached hydrogens (primary N) is 1. The van der Waals surface area contributed by atoms with Gasteiger partial charge in [-0.2, -0.15) is 4.98 Å². The molecule has 0 aliphatic heterocycles. The zero-order chi connectivity index (χ0) is 15.6. The molecule has 1 aromatic carbocycles. The number of aryl methyl sites for hydroxylation is 1. The number of aromatic nitrogens is 1. The third-order valence-electron chi connectivity index (χ3n) is 2.72. The number of nitrogens with zero attached hydrogens (tertiary/aromatic N) is 1. The highest BCUT2D eigenvalue weighted by Crippen LogP contribution is 2.27. The lowest BCUT2D eigenvalue weighted by Crippen LogP contribution is -2.24. The van der Waals surface area contributed by atoms with Crippen molar-refractivity contribution in [2.24, 2.45) is 0 Å². The van der Waals surface area contributed by atoms with Crippen LogP contribution in [0.15, 0.2) is 34.8 Å². The number of hydrogen-bond acceptors (Lipinski definition) is 4. The van der Waals surface area contributed by atoms with Gasteiger partial charge in [0, 0.05) is 10.2 Å². The normalized spacial score (nSPS) is 11.3. The second-order valence-corrected chi connectivity index (χ2v) is 6.75. The summed E-state index contributed by atoms with van der Waals surface area (Å²) in [5, 5.41) is 3.26. The van der Waals surface area contributed by atoms with Crippen molar-refractivity contribution in [3.63, 3.8) is 0 Å². The van der Waals surface area contributed by atoms with E-state index in [0.29, 0.717) is 17.4 Å². The Morgan fingerprint density at radius 3 is 2.52 bits per heavy atom. The van der Waals surface area contributed by atoms with Gasteiger partial charge in [-0.25, -0.2) is 0 Å². The summed E-state index contributed by atoms with van der Waals surface area (Å²) in [7, 11) is 0. The first kappa shape index (κ1) is 15.6. The van der Waals surface area contributed by atoms with Crippen LogP contribution in [-0.4, -0.2) is 10.6 Å². The average molecular weight is 350 g/mol. The molecule has 0 fully saturated rings. The number of hydrogen-bond donors (Lipinski definition) is 2. The van der Waals surface area contributed by atoms with Gasteiger partial charge in [-0.3, -0.25) is 0 Å². The molecule has 0 saturated heterocycles. The monoisotopic (exact) mass is 349 g/mol. The van der Waals surface area contributed by atoms with Crippen LogP contribution in [0.2, 0.25) is 0 Å². The lowest BCUT2D eigenvalue weighted by atomic mass is 10.2. The van der Waals surface area contributed by atoms with Gasteiger partial charge in [-0.1, -0.05) is 15.9 Å². The Morgan fingerprint density at radius 1 is 1.19 bits per heavy atom. The Kier molecular flexibility index (Phi) is 4.42. The number of ether oxygens (including phenoxy) is 1. The second-order valence-electron chi connectivity index (χ2n) is 5.89. The molecule has 112 valence electrons. The van der Waals surface area contributed by atoms with Crippen molar-refractivity contribution in [2.45, 2.75) is 33.3 Å². The quantitative estimate of drug-likeness (QED) is 0.846. The molecule has 1 heterocycles. The highest BCUT2D eigenvalue weighted by Gasteiger charge is 2.15. The van der Waals surface area contributed by atoms with Crippen LogP contribution >= 0.6 is 15.9 Å². The van der Waals surface area contributed by atoms with Crippen molar-refractivity contribution in [1.82, 2.24) is 4.98 Å². The van der Waals surface area contributed by atoms with Crippen LogP contribution in [0, 0.1) is 6.92 Å². The lowest BCUT2D eigenvalue weighted by molar-refractivity contribution is 0.125. The minimum Gasteiger partial charge on any atom is -0.470 e. The summed E-state index contributed by atoms with van der Waals surface area (Å²) in [6, 6.07) is 9.66. The molecule has 0 saturated carbocycles. The van der Waals surface area contributed by atoms with E-state index in [4.69, 9.17) is 10.5 Å². The summed E-state index contributed by atoms with van der Waals surface area (Å²) in [6.07, 6.45) is 0. The number of halogens is 1. The molecule has 0 unspecified atom stereocenters. The van der Waals surface area contributed by atoms with E-state index in [0.717, 1.165) is 15.7 Å². The van der Waals surface area contributed by atoms with Crippen molar-refractivity contribution < 1.29 is 4.74 Å². The van der Waals surface area contributed by atoms with Gasteiger partial charge >= 0.3 is 0 Å². The standard InChI is InChI=1S/C16H20BrN3O/c1-10-9-11(5-6-12(10)17)19-14-8-7-13(18)15(20-14)21-16(2,3)4/h5-9H,18H2,1-4H3,(H,19,20). The first-order valence-electron chi connectivity index (χ1n) is 6.73. The van der Waals surface area contributed by atoms with Crippen LogP contribution < -0.4 is 15.8 Å². The van der Waals surface area contributed by atoms with E-state index >= 15 is 0 Å². The highest BCUT2D eigenvalue weighted by atomic mass is 79.9. The van der Waals surface area contributed by atoms with E-state index in [2.05, 4.69) is 26.2 Å². The van der Waals surface area contributed by atoms with Gasteiger partial charge in [-0.05, 0) is 63.6 Å². The highest BCUT2D eigenvalue weighted by molar-refractivity contribution is 9.10. The van der Waals surface area contributed by atoms with Gasteiger partial charge < -0.3 is 15.8 Å². The summed E-state index contributed by atoms with van der Waals surface area (Å²) in [6.45, 7) is 7.94. The molecule has 0 radical (unpaired) electrons. The predicted molar refractivity (Wildman–Crippen MR) is 91.2 cm³/mol. The molecular weight excluding hydrogens is 330 g/mol. The minimum atomic E-state index is -0.339. The summed E-state index contributed by atoms with van der Waals surface area (Å²) in [5.74, 6) is 1.14. The second kappa shape index (κ2) is 5.93. The number of anilines is 3. The average Bonchev–Trinajstić information content (AvgIpc) is 2.36. The summed E-state index contributed by atoms with van der Waals surface area (Å²) in [4.78, 5) is 4.43. The van der Waals surface area contributed by atoms with E-state index in [9.17, 15) is 0 Å². The Balaban J connectivity index is 2.24. The Bertz CT molecular complexity index is 650. The Hall–Kier alpha value is -1.75. The molecule has 5 heteroatoms. The third kappa shape index (κ3) is 4.36. The zero-order valence-electron chi connectivity index (χ0n) is 12.7. The van der Waals surface area contributed by atoms with Crippen LogP contribution in [0.4, 0.5) is 17.2 Å². The molecular formula is C16H20BrN3O. The van der Waals surface area contributed by atoms with E-state index in [1.165, 1.54) is 0 Å². The molecule has 3 N–H and O–H groups in total. The minimum absolute atomic E-state index is 0.339. The van der Waals surface area contributed by atoms with E-state index in [1.807, 2.05) is 52.0 Å². The molecule has 0 aliphatic rings. The fourth-order valence-corrected chi connectivity index (χ4v) is 2.01. The van der Waals surface area contributed by atoms with Crippen molar-refractivity contribution in [1.29, 1.82) is 0 Å². The number of rotatable bonds is 3. The maximum absolute atomic E-state index is 5.91. The summed E-state index contributed by atoms with van der Waals surface area (Å²) >= 11 is 3.49. The van der Waals surface area contributed by atoms with E-state index in [-0.39, 0.29) is 5.60 Å². The molecule has 0 amide bonds. The predicted octanol–water partition coefficient (Wildman–Crippen LogP) is 4.66. The van der Waals surface area contributed by atoms with Crippen molar-refractivity contribution in [3.8, 4) is 5.88 Å². The van der Waals surface area contributed by atoms with Gasteiger partial charge in [0.05, 0.1) is 5.69 Å². The zero-order valence-corrected chi connectivity index (χ0v) is 14.3. The van der Waals surface area contributed by atoms with Gasteiger partial charge in [0.15, 0.2) is 0 Å². The largest absolute Gasteiger partial charge is 0.470 e. The molecule has 0 bridgehead atoms. The summed E-state index contributed by atoms with van der Waals surface area (Å²) < 4.78 is 6.85. The third-order valence-corrected chi connectivity index (χ3v) is 3.61. The molecule has 1 aromatic heterocycles. The Morgan fingerprint density at radius 2 is 1.90 bits per heavy atom. The number of benzene rings is 1. The van der Waals surface area contributed by atoms with Crippen molar-refractivity contribution in [2.75, 3.05) is 11.1 Å². The maximum atomic E-state index is 5.91. The topological polar surface area (TPSA) is 60.2 Å². The maximum Gasteiger partial charge on any atom is 0.239 e. The summed E-state index contributed by atoms with van der Waals surface area (Å²) in [5.41, 5.74) is 8.22. The van der Waals surface area contributed by atoms with Gasteiger partial charge in [0.2, 0.25) is 5.88 Å². The smallest absolute Gasteiger partial charge is 0.239 e. The fraction of sp³-hybridized carbons (Fsp3) is 0.312. The van der Waals surface area contributed by atoms with Crippen LogP contribution in [-0.2, 0) is 0 Å². The first-order valence-corrected chi connectivity index (χ1v) is 7.52. The molecule has 0 atom stereocenters. The molecule has 0 aliphatic carbocycles. The lowest BCUT2D eigenvalue weighted by Gasteiger charge is -2.21. The van der Waals surface area contributed by atoms with Crippen LogP contribution in [0.25, 0.3) is 0 Å². The van der Waals surface area contributed by atoms with Gasteiger partial charge in [0.25, 0.3) is 0 Å². The molecule has 2 rings (SSSR count). The molecule has 4 nitrogen and oxygen atoms in total. The number of pyridine rings is 1. The SMILES string of the molecule is Cc1cc(Nc2ccc(N)c(OC(C)(C)C)n2)ccc1Br. The van der Waals surface area contributed by atoms with Crippen molar-refractivity contribution in [3.05, 3.63) is 40.4 Å². The Labute approximate surface area is 133 Å². The van der Waals surface area contributed by atoms with Crippen LogP contribution in [0.1, 0.15) is 26.3 Å². The molecule has 2 aromatic rings. The van der Waals surface area contributed by atoms with Gasteiger partial charge in [0.1, 0.15) is 11.4 Å². The number of nitrogen functional groups attached to an aromatic ring is 1. The first-order chi connectivity index (χ1) is 9.74. The van der Waals surface area contributed by atoms with Crippen LogP contribution in [0.5, 0.6) is 5.88 Å². The molecule has 21 heavy (non-hydrogen) atoms. The molecule has 0 spiro atoms. The fourth-order valence-electron chi connectivity index (χ4n) is 1.76.